The first-order valence-corrected chi connectivity index (χ1v) is 17.0. The van der Waals surface area contributed by atoms with Gasteiger partial charge in [-0.3, -0.25) is 4.57 Å². The van der Waals surface area contributed by atoms with Gasteiger partial charge in [-0.25, -0.2) is 4.18 Å². The first kappa shape index (κ1) is 30.7. The number of alkyl halides is 3. The largest absolute Gasteiger partial charge is 0.523 e. The molecule has 2 aromatic rings. The third-order valence-electron chi connectivity index (χ3n) is 5.77. The van der Waals surface area contributed by atoms with Gasteiger partial charge in [-0.2, -0.15) is 21.6 Å². The molecule has 0 aliphatic carbocycles. The molecule has 0 heterocycles. The van der Waals surface area contributed by atoms with Crippen LogP contribution >= 0.6 is 7.60 Å². The summed E-state index contributed by atoms with van der Waals surface area (Å²) >= 11 is 0. The minimum Gasteiger partial charge on any atom is -0.413 e. The number of hydrogen-bond donors (Lipinski definition) is 0. The highest BCUT2D eigenvalue weighted by Crippen LogP contribution is 2.56. The molecule has 0 bridgehead atoms. The molecular formula is C23H32F3O7PSSi. The van der Waals surface area contributed by atoms with Gasteiger partial charge >= 0.3 is 23.2 Å². The van der Waals surface area contributed by atoms with Gasteiger partial charge in [0.1, 0.15) is 0 Å². The van der Waals surface area contributed by atoms with Crippen LogP contribution < -0.4 is 0 Å². The second-order valence-electron chi connectivity index (χ2n) is 9.58. The molecule has 202 valence electrons. The van der Waals surface area contributed by atoms with Gasteiger partial charge in [0.05, 0.1) is 19.8 Å². The second kappa shape index (κ2) is 11.9. The van der Waals surface area contributed by atoms with E-state index >= 15 is 0 Å². The summed E-state index contributed by atoms with van der Waals surface area (Å²) in [5.74, 6) is -2.19. The van der Waals surface area contributed by atoms with Crippen LogP contribution in [0.25, 0.3) is 0 Å². The summed E-state index contributed by atoms with van der Waals surface area (Å²) in [5, 5.41) is -0.375. The maximum atomic E-state index is 14.0. The van der Waals surface area contributed by atoms with Gasteiger partial charge < -0.3 is 13.5 Å². The molecule has 0 fully saturated rings. The average molecular weight is 569 g/mol. The fourth-order valence-corrected chi connectivity index (χ4v) is 6.23. The maximum Gasteiger partial charge on any atom is 0.523 e. The lowest BCUT2D eigenvalue weighted by Gasteiger charge is -2.37. The zero-order valence-corrected chi connectivity index (χ0v) is 23.5. The smallest absolute Gasteiger partial charge is 0.413 e. The number of halogens is 3. The van der Waals surface area contributed by atoms with Crippen molar-refractivity contribution in [2.45, 2.75) is 63.5 Å². The lowest BCUT2D eigenvalue weighted by molar-refractivity contribution is -0.0569. The minimum atomic E-state index is -6.15. The quantitative estimate of drug-likeness (QED) is 0.120. The zero-order chi connectivity index (χ0) is 27.3. The van der Waals surface area contributed by atoms with Crippen LogP contribution in [-0.4, -0.2) is 34.7 Å². The maximum absolute atomic E-state index is 14.0. The summed E-state index contributed by atoms with van der Waals surface area (Å²) in [6.07, 6.45) is 0. The zero-order valence-electron chi connectivity index (χ0n) is 20.8. The number of hydrogen-bond acceptors (Lipinski definition) is 7. The lowest BCUT2D eigenvalue weighted by Crippen LogP contribution is -2.44. The summed E-state index contributed by atoms with van der Waals surface area (Å²) in [7, 11) is -13.4. The van der Waals surface area contributed by atoms with Crippen LogP contribution in [0.4, 0.5) is 13.2 Å². The molecule has 0 saturated carbocycles. The highest BCUT2D eigenvalue weighted by atomic mass is 32.2. The van der Waals surface area contributed by atoms with Crippen molar-refractivity contribution in [2.24, 2.45) is 0 Å². The molecule has 2 rings (SSSR count). The van der Waals surface area contributed by atoms with E-state index in [1.807, 2.05) is 33.9 Å². The van der Waals surface area contributed by atoms with Crippen LogP contribution in [-0.2, 0) is 45.6 Å². The molecule has 0 aliphatic rings. The number of benzene rings is 2. The average Bonchev–Trinajstić information content (AvgIpc) is 2.79. The van der Waals surface area contributed by atoms with E-state index in [-0.39, 0.29) is 18.3 Å². The molecule has 1 unspecified atom stereocenters. The second-order valence-corrected chi connectivity index (χ2v) is 18.1. The van der Waals surface area contributed by atoms with Crippen molar-refractivity contribution in [3.8, 4) is 0 Å². The highest BCUT2D eigenvalue weighted by Gasteiger charge is 2.53. The Morgan fingerprint density at radius 2 is 1.28 bits per heavy atom. The summed E-state index contributed by atoms with van der Waals surface area (Å²) < 4.78 is 99.0. The van der Waals surface area contributed by atoms with E-state index in [1.165, 1.54) is 0 Å². The van der Waals surface area contributed by atoms with E-state index in [4.69, 9.17) is 13.5 Å². The van der Waals surface area contributed by atoms with Gasteiger partial charge in [0.25, 0.3) is 0 Å². The Kier molecular flexibility index (Phi) is 10.1. The van der Waals surface area contributed by atoms with Crippen molar-refractivity contribution in [3.05, 3.63) is 71.8 Å². The van der Waals surface area contributed by atoms with Gasteiger partial charge in [0.2, 0.25) is 5.85 Å². The molecule has 13 heteroatoms. The molecule has 0 saturated heterocycles. The SMILES string of the molecule is CC(C)(C)[Si](C)(C)OCC(OS(=O)(=O)C(F)(F)F)P(=O)(OCc1ccccc1)OCc1ccccc1. The van der Waals surface area contributed by atoms with Crippen LogP contribution in [0, 0.1) is 0 Å². The Morgan fingerprint density at radius 1 is 0.861 bits per heavy atom. The summed E-state index contributed by atoms with van der Waals surface area (Å²) in [4.78, 5) is 0. The van der Waals surface area contributed by atoms with E-state index in [0.29, 0.717) is 11.1 Å². The lowest BCUT2D eigenvalue weighted by atomic mass is 10.2. The third-order valence-corrected chi connectivity index (χ3v) is 13.4. The molecule has 0 N–H and O–H groups in total. The van der Waals surface area contributed by atoms with Crippen molar-refractivity contribution in [2.75, 3.05) is 6.61 Å². The van der Waals surface area contributed by atoms with Crippen LogP contribution in [0.5, 0.6) is 0 Å². The van der Waals surface area contributed by atoms with Crippen molar-refractivity contribution >= 4 is 26.0 Å². The molecule has 0 spiro atoms. The molecule has 0 aromatic heterocycles. The van der Waals surface area contributed by atoms with Crippen molar-refractivity contribution < 1.29 is 43.8 Å². The minimum absolute atomic E-state index is 0.321. The van der Waals surface area contributed by atoms with Gasteiger partial charge in [-0.1, -0.05) is 81.4 Å². The predicted molar refractivity (Wildman–Crippen MR) is 133 cm³/mol. The molecule has 36 heavy (non-hydrogen) atoms. The van der Waals surface area contributed by atoms with Crippen LogP contribution in [0.2, 0.25) is 18.1 Å². The monoisotopic (exact) mass is 568 g/mol. The van der Waals surface area contributed by atoms with Crippen molar-refractivity contribution in [1.82, 2.24) is 0 Å². The molecule has 1 atom stereocenters. The van der Waals surface area contributed by atoms with E-state index in [2.05, 4.69) is 4.18 Å². The fraction of sp³-hybridized carbons (Fsp3) is 0.478. The Balaban J connectivity index is 2.44. The highest BCUT2D eigenvalue weighted by molar-refractivity contribution is 7.87. The van der Waals surface area contributed by atoms with Gasteiger partial charge in [-0.15, -0.1) is 0 Å². The third kappa shape index (κ3) is 8.51. The fourth-order valence-electron chi connectivity index (χ4n) is 2.55. The molecule has 7 nitrogen and oxygen atoms in total. The van der Waals surface area contributed by atoms with E-state index < -0.39 is 44.0 Å². The van der Waals surface area contributed by atoms with Crippen molar-refractivity contribution in [1.29, 1.82) is 0 Å². The van der Waals surface area contributed by atoms with Crippen LogP contribution in [0.1, 0.15) is 31.9 Å². The first-order chi connectivity index (χ1) is 16.5. The van der Waals surface area contributed by atoms with Gasteiger partial charge in [0, 0.05) is 0 Å². The van der Waals surface area contributed by atoms with Gasteiger partial charge in [0.15, 0.2) is 8.32 Å². The predicted octanol–water partition coefficient (Wildman–Crippen LogP) is 6.83. The Labute approximate surface area is 211 Å². The summed E-state index contributed by atoms with van der Waals surface area (Å²) in [6, 6.07) is 16.8. The molecule has 0 radical (unpaired) electrons. The van der Waals surface area contributed by atoms with E-state index in [1.54, 1.807) is 60.7 Å². The first-order valence-electron chi connectivity index (χ1n) is 11.1. The number of rotatable bonds is 12. The summed E-state index contributed by atoms with van der Waals surface area (Å²) in [5.41, 5.74) is -4.65. The van der Waals surface area contributed by atoms with E-state index in [0.717, 1.165) is 0 Å². The Bertz CT molecular complexity index is 1070. The molecular weight excluding hydrogens is 536 g/mol. The topological polar surface area (TPSA) is 88.1 Å². The van der Waals surface area contributed by atoms with E-state index in [9.17, 15) is 26.2 Å². The molecule has 2 aromatic carbocycles. The molecule has 0 aliphatic heterocycles. The normalized spacial score (nSPS) is 14.6. The Hall–Kier alpha value is -1.53. The van der Waals surface area contributed by atoms with Crippen molar-refractivity contribution in [3.63, 3.8) is 0 Å². The van der Waals surface area contributed by atoms with Crippen LogP contribution in [0.15, 0.2) is 60.7 Å². The Morgan fingerprint density at radius 3 is 1.64 bits per heavy atom. The van der Waals surface area contributed by atoms with Gasteiger partial charge in [-0.05, 0) is 29.3 Å². The summed E-state index contributed by atoms with van der Waals surface area (Å²) in [6.45, 7) is 7.90. The van der Waals surface area contributed by atoms with Crippen LogP contribution in [0.3, 0.4) is 0 Å². The standard InChI is InChI=1S/C23H32F3O7PSSi/c1-22(2,3)36(4,5)32-18-21(33-35(28,29)23(24,25)26)34(27,30-16-19-12-8-6-9-13-19)31-17-20-14-10-7-11-15-20/h6-15,21H,16-18H2,1-5H3. The molecule has 0 amide bonds.